The lowest BCUT2D eigenvalue weighted by molar-refractivity contribution is -0.384. The fourth-order valence-corrected chi connectivity index (χ4v) is 2.12. The minimum Gasteiger partial charge on any atom is -0.374 e. The summed E-state index contributed by atoms with van der Waals surface area (Å²) < 4.78 is 26.9. The van der Waals surface area contributed by atoms with Gasteiger partial charge in [0.05, 0.1) is 4.92 Å². The Morgan fingerprint density at radius 3 is 2.62 bits per heavy atom. The van der Waals surface area contributed by atoms with E-state index in [-0.39, 0.29) is 23.2 Å². The van der Waals surface area contributed by atoms with Crippen LogP contribution in [0.1, 0.15) is 12.5 Å². The molecule has 0 radical (unpaired) electrons. The molecule has 6 heteroatoms. The summed E-state index contributed by atoms with van der Waals surface area (Å²) in [7, 11) is 0. The van der Waals surface area contributed by atoms with E-state index >= 15 is 0 Å². The highest BCUT2D eigenvalue weighted by molar-refractivity contribution is 5.62. The SMILES string of the molecule is CC(Cc1cccc(F)c1)Nc1c(F)cccc1[N+](=O)[O-]. The van der Waals surface area contributed by atoms with Gasteiger partial charge in [-0.15, -0.1) is 0 Å². The molecule has 0 fully saturated rings. The van der Waals surface area contributed by atoms with Crippen molar-refractivity contribution < 1.29 is 13.7 Å². The van der Waals surface area contributed by atoms with E-state index in [2.05, 4.69) is 5.32 Å². The van der Waals surface area contributed by atoms with Gasteiger partial charge in [-0.05, 0) is 37.1 Å². The molecule has 0 aromatic heterocycles. The predicted molar refractivity (Wildman–Crippen MR) is 76.2 cm³/mol. The van der Waals surface area contributed by atoms with E-state index in [4.69, 9.17) is 0 Å². The van der Waals surface area contributed by atoms with Crippen molar-refractivity contribution in [2.24, 2.45) is 0 Å². The first-order chi connectivity index (χ1) is 9.97. The van der Waals surface area contributed by atoms with Gasteiger partial charge in [0.25, 0.3) is 5.69 Å². The van der Waals surface area contributed by atoms with E-state index in [1.54, 1.807) is 19.1 Å². The quantitative estimate of drug-likeness (QED) is 0.671. The largest absolute Gasteiger partial charge is 0.374 e. The summed E-state index contributed by atoms with van der Waals surface area (Å²) in [6.07, 6.45) is 0.420. The predicted octanol–water partition coefficient (Wildman–Crippen LogP) is 3.92. The van der Waals surface area contributed by atoms with Crippen LogP contribution < -0.4 is 5.32 Å². The molecule has 110 valence electrons. The van der Waals surface area contributed by atoms with Gasteiger partial charge >= 0.3 is 0 Å². The Balaban J connectivity index is 2.16. The molecule has 21 heavy (non-hydrogen) atoms. The van der Waals surface area contributed by atoms with Crippen molar-refractivity contribution in [1.29, 1.82) is 0 Å². The molecule has 0 saturated carbocycles. The average Bonchev–Trinajstić information content (AvgIpc) is 2.40. The Kier molecular flexibility index (Phi) is 4.47. The molecule has 2 aromatic carbocycles. The van der Waals surface area contributed by atoms with Gasteiger partial charge in [-0.2, -0.15) is 0 Å². The fraction of sp³-hybridized carbons (Fsp3) is 0.200. The average molecular weight is 292 g/mol. The van der Waals surface area contributed by atoms with Gasteiger partial charge in [-0.1, -0.05) is 18.2 Å². The zero-order valence-electron chi connectivity index (χ0n) is 11.3. The van der Waals surface area contributed by atoms with Crippen molar-refractivity contribution in [1.82, 2.24) is 0 Å². The van der Waals surface area contributed by atoms with E-state index in [0.29, 0.717) is 6.42 Å². The first-order valence-electron chi connectivity index (χ1n) is 6.41. The van der Waals surface area contributed by atoms with E-state index in [1.165, 1.54) is 24.3 Å². The smallest absolute Gasteiger partial charge is 0.295 e. The van der Waals surface area contributed by atoms with Crippen LogP contribution in [0.25, 0.3) is 0 Å². The number of nitro benzene ring substituents is 1. The van der Waals surface area contributed by atoms with Gasteiger partial charge in [-0.25, -0.2) is 8.78 Å². The second kappa shape index (κ2) is 6.30. The molecule has 2 aromatic rings. The second-order valence-electron chi connectivity index (χ2n) is 4.77. The number of nitrogens with one attached hydrogen (secondary N) is 1. The monoisotopic (exact) mass is 292 g/mol. The van der Waals surface area contributed by atoms with Gasteiger partial charge in [0, 0.05) is 12.1 Å². The number of hydrogen-bond acceptors (Lipinski definition) is 3. The van der Waals surface area contributed by atoms with Crippen LogP contribution in [-0.2, 0) is 6.42 Å². The van der Waals surface area contributed by atoms with Gasteiger partial charge in [-0.3, -0.25) is 10.1 Å². The summed E-state index contributed by atoms with van der Waals surface area (Å²) in [6, 6.07) is 9.44. The highest BCUT2D eigenvalue weighted by Crippen LogP contribution is 2.28. The summed E-state index contributed by atoms with van der Waals surface area (Å²) in [5, 5.41) is 13.7. The van der Waals surface area contributed by atoms with Crippen molar-refractivity contribution in [2.75, 3.05) is 5.32 Å². The molecule has 1 N–H and O–H groups in total. The molecule has 0 saturated heterocycles. The highest BCUT2D eigenvalue weighted by Gasteiger charge is 2.19. The van der Waals surface area contributed by atoms with E-state index in [9.17, 15) is 18.9 Å². The molecule has 0 bridgehead atoms. The van der Waals surface area contributed by atoms with Crippen LogP contribution >= 0.6 is 0 Å². The zero-order chi connectivity index (χ0) is 15.4. The van der Waals surface area contributed by atoms with Crippen molar-refractivity contribution >= 4 is 11.4 Å². The maximum atomic E-state index is 13.7. The number of benzene rings is 2. The molecular formula is C15H14F2N2O2. The Hall–Kier alpha value is -2.50. The number of anilines is 1. The summed E-state index contributed by atoms with van der Waals surface area (Å²) in [5.74, 6) is -1.04. The number of rotatable bonds is 5. The first-order valence-corrected chi connectivity index (χ1v) is 6.41. The van der Waals surface area contributed by atoms with E-state index in [0.717, 1.165) is 11.6 Å². The zero-order valence-corrected chi connectivity index (χ0v) is 11.3. The first kappa shape index (κ1) is 14.9. The molecule has 2 rings (SSSR count). The third-order valence-corrected chi connectivity index (χ3v) is 3.01. The molecular weight excluding hydrogens is 278 g/mol. The number of para-hydroxylation sites is 1. The molecule has 1 atom stereocenters. The maximum absolute atomic E-state index is 13.7. The van der Waals surface area contributed by atoms with Gasteiger partial charge in [0.15, 0.2) is 5.82 Å². The number of nitro groups is 1. The third kappa shape index (κ3) is 3.75. The molecule has 0 spiro atoms. The number of hydrogen-bond donors (Lipinski definition) is 1. The highest BCUT2D eigenvalue weighted by atomic mass is 19.1. The van der Waals surface area contributed by atoms with Crippen LogP contribution in [0.2, 0.25) is 0 Å². The molecule has 0 aliphatic heterocycles. The lowest BCUT2D eigenvalue weighted by Gasteiger charge is -2.16. The molecule has 0 amide bonds. The van der Waals surface area contributed by atoms with Crippen LogP contribution in [0, 0.1) is 21.7 Å². The molecule has 0 heterocycles. The standard InChI is InChI=1S/C15H14F2N2O2/c1-10(8-11-4-2-5-12(16)9-11)18-15-13(17)6-3-7-14(15)19(20)21/h2-7,9-10,18H,8H2,1H3. The van der Waals surface area contributed by atoms with Crippen LogP contribution in [0.4, 0.5) is 20.2 Å². The van der Waals surface area contributed by atoms with E-state index in [1.807, 2.05) is 0 Å². The van der Waals surface area contributed by atoms with Crippen LogP contribution in [0.5, 0.6) is 0 Å². The number of halogens is 2. The van der Waals surface area contributed by atoms with Gasteiger partial charge in [0.1, 0.15) is 11.5 Å². The number of nitrogens with zero attached hydrogens (tertiary/aromatic N) is 1. The summed E-state index contributed by atoms with van der Waals surface area (Å²) in [4.78, 5) is 10.3. The summed E-state index contributed by atoms with van der Waals surface area (Å²) >= 11 is 0. The summed E-state index contributed by atoms with van der Waals surface area (Å²) in [5.41, 5.74) is 0.265. The van der Waals surface area contributed by atoms with Crippen LogP contribution in [-0.4, -0.2) is 11.0 Å². The second-order valence-corrected chi connectivity index (χ2v) is 4.77. The summed E-state index contributed by atoms with van der Waals surface area (Å²) in [6.45, 7) is 1.75. The molecule has 0 aliphatic carbocycles. The minimum absolute atomic E-state index is 0.147. The van der Waals surface area contributed by atoms with Gasteiger partial charge in [0.2, 0.25) is 0 Å². The lowest BCUT2D eigenvalue weighted by atomic mass is 10.1. The van der Waals surface area contributed by atoms with Crippen LogP contribution in [0.15, 0.2) is 42.5 Å². The molecule has 4 nitrogen and oxygen atoms in total. The third-order valence-electron chi connectivity index (χ3n) is 3.01. The van der Waals surface area contributed by atoms with Gasteiger partial charge < -0.3 is 5.32 Å². The normalized spacial score (nSPS) is 12.0. The molecule has 1 unspecified atom stereocenters. The van der Waals surface area contributed by atoms with Crippen molar-refractivity contribution in [3.05, 3.63) is 69.8 Å². The van der Waals surface area contributed by atoms with Crippen molar-refractivity contribution in [3.8, 4) is 0 Å². The van der Waals surface area contributed by atoms with Crippen molar-refractivity contribution in [3.63, 3.8) is 0 Å². The Bertz CT molecular complexity index is 662. The Morgan fingerprint density at radius 1 is 1.24 bits per heavy atom. The lowest BCUT2D eigenvalue weighted by Crippen LogP contribution is -2.19. The Labute approximate surface area is 120 Å². The van der Waals surface area contributed by atoms with Crippen molar-refractivity contribution in [2.45, 2.75) is 19.4 Å². The van der Waals surface area contributed by atoms with E-state index < -0.39 is 10.7 Å². The molecule has 0 aliphatic rings. The topological polar surface area (TPSA) is 55.2 Å². The van der Waals surface area contributed by atoms with Crippen LogP contribution in [0.3, 0.4) is 0 Å². The minimum atomic E-state index is -0.685. The maximum Gasteiger partial charge on any atom is 0.295 e. The fourth-order valence-electron chi connectivity index (χ4n) is 2.12. The Morgan fingerprint density at radius 2 is 1.95 bits per heavy atom.